The lowest BCUT2D eigenvalue weighted by Gasteiger charge is -2.31. The molecule has 1 aliphatic rings. The highest BCUT2D eigenvalue weighted by molar-refractivity contribution is 5.88. The van der Waals surface area contributed by atoms with E-state index in [2.05, 4.69) is 43.1 Å². The lowest BCUT2D eigenvalue weighted by atomic mass is 9.93. The van der Waals surface area contributed by atoms with Crippen LogP contribution in [0.3, 0.4) is 0 Å². The Bertz CT molecular complexity index is 1320. The minimum Gasteiger partial charge on any atom is -0.491 e. The minimum atomic E-state index is -0.599. The van der Waals surface area contributed by atoms with Crippen LogP contribution in [0.5, 0.6) is 5.75 Å². The van der Waals surface area contributed by atoms with Crippen LogP contribution in [0, 0.1) is 29.6 Å². The van der Waals surface area contributed by atoms with Crippen LogP contribution < -0.4 is 15.8 Å². The first kappa shape index (κ1) is 26.2. The van der Waals surface area contributed by atoms with E-state index in [9.17, 15) is 10.1 Å². The van der Waals surface area contributed by atoms with Crippen molar-refractivity contribution in [2.45, 2.75) is 47.6 Å². The number of hydrogen-bond donors (Lipinski definition) is 2. The van der Waals surface area contributed by atoms with Gasteiger partial charge in [0.1, 0.15) is 11.4 Å². The summed E-state index contributed by atoms with van der Waals surface area (Å²) in [6, 6.07) is 15.5. The van der Waals surface area contributed by atoms with Crippen LogP contribution in [0.2, 0.25) is 0 Å². The SMILES string of the molecule is Cc1cccc(OCC(C)C)c1-n1nc2c(c1-c1ccc(NC(N)=O)cc1)CN(CC(C)(C)C#N)CC2. The molecule has 2 amide bonds. The normalized spacial score (nSPS) is 13.8. The number of primary amides is 1. The number of fused-ring (bicyclic) bond motifs is 1. The number of carbonyl (C=O) groups is 1. The van der Waals surface area contributed by atoms with Gasteiger partial charge in [0.05, 0.1) is 29.5 Å². The fourth-order valence-corrected chi connectivity index (χ4v) is 4.75. The lowest BCUT2D eigenvalue weighted by Crippen LogP contribution is -2.37. The van der Waals surface area contributed by atoms with Crippen molar-refractivity contribution in [1.29, 1.82) is 5.26 Å². The summed E-state index contributed by atoms with van der Waals surface area (Å²) in [5, 5.41) is 17.3. The van der Waals surface area contributed by atoms with Gasteiger partial charge in [0.2, 0.25) is 0 Å². The second kappa shape index (κ2) is 10.7. The Morgan fingerprint density at radius 2 is 1.97 bits per heavy atom. The maximum absolute atomic E-state index is 11.3. The molecule has 0 saturated carbocycles. The zero-order chi connectivity index (χ0) is 26.7. The van der Waals surface area contributed by atoms with Gasteiger partial charge < -0.3 is 15.8 Å². The highest BCUT2D eigenvalue weighted by Gasteiger charge is 2.30. The number of ether oxygens (including phenoxy) is 1. The number of para-hydroxylation sites is 1. The molecule has 1 aliphatic heterocycles. The molecule has 3 N–H and O–H groups in total. The average Bonchev–Trinajstić information content (AvgIpc) is 3.20. The van der Waals surface area contributed by atoms with Crippen molar-refractivity contribution >= 4 is 11.7 Å². The molecule has 3 aromatic rings. The third-order valence-electron chi connectivity index (χ3n) is 6.45. The van der Waals surface area contributed by atoms with E-state index < -0.39 is 11.4 Å². The van der Waals surface area contributed by atoms with Crippen LogP contribution in [-0.2, 0) is 13.0 Å². The number of nitrogens with two attached hydrogens (primary N) is 1. The molecule has 2 heterocycles. The van der Waals surface area contributed by atoms with E-state index in [1.54, 1.807) is 0 Å². The second-order valence-corrected chi connectivity index (χ2v) is 10.8. The topological polar surface area (TPSA) is 109 Å². The molecule has 0 saturated heterocycles. The van der Waals surface area contributed by atoms with Gasteiger partial charge in [0.15, 0.2) is 0 Å². The van der Waals surface area contributed by atoms with Crippen molar-refractivity contribution in [3.63, 3.8) is 0 Å². The first-order valence-corrected chi connectivity index (χ1v) is 12.7. The van der Waals surface area contributed by atoms with Gasteiger partial charge in [-0.05, 0) is 50.5 Å². The molecule has 0 spiro atoms. The van der Waals surface area contributed by atoms with E-state index in [0.717, 1.165) is 52.5 Å². The Labute approximate surface area is 219 Å². The van der Waals surface area contributed by atoms with Gasteiger partial charge in [-0.3, -0.25) is 4.90 Å². The van der Waals surface area contributed by atoms with Crippen LogP contribution >= 0.6 is 0 Å². The first-order chi connectivity index (χ1) is 17.6. The number of nitriles is 1. The van der Waals surface area contributed by atoms with Gasteiger partial charge in [0.25, 0.3) is 0 Å². The predicted octanol–water partition coefficient (Wildman–Crippen LogP) is 5.28. The number of anilines is 1. The number of carbonyl (C=O) groups excluding carboxylic acids is 1. The van der Waals surface area contributed by atoms with E-state index in [1.807, 2.05) is 54.9 Å². The summed E-state index contributed by atoms with van der Waals surface area (Å²) in [5.41, 5.74) is 11.7. The zero-order valence-electron chi connectivity index (χ0n) is 22.3. The zero-order valence-corrected chi connectivity index (χ0v) is 22.3. The number of urea groups is 1. The van der Waals surface area contributed by atoms with Gasteiger partial charge in [0, 0.05) is 42.9 Å². The molecule has 2 aromatic carbocycles. The number of aromatic nitrogens is 2. The fraction of sp³-hybridized carbons (Fsp3) is 0.414. The van der Waals surface area contributed by atoms with Gasteiger partial charge in [-0.2, -0.15) is 10.4 Å². The van der Waals surface area contributed by atoms with E-state index >= 15 is 0 Å². The molecule has 8 heteroatoms. The Balaban J connectivity index is 1.85. The number of aryl methyl sites for hydroxylation is 1. The van der Waals surface area contributed by atoms with Crippen LogP contribution in [0.1, 0.15) is 44.5 Å². The standard InChI is InChI=1S/C29H36N6O2/c1-19(2)16-37-25-8-6-7-20(3)26(25)35-27(21-9-11-22(12-10-21)32-28(31)36)23-15-34(14-13-24(23)33-35)18-29(4,5)17-30/h6-12,19H,13-16,18H2,1-5H3,(H3,31,32,36). The van der Waals surface area contributed by atoms with Crippen molar-refractivity contribution < 1.29 is 9.53 Å². The molecule has 0 aliphatic carbocycles. The Morgan fingerprint density at radius 3 is 2.62 bits per heavy atom. The highest BCUT2D eigenvalue weighted by Crippen LogP contribution is 2.37. The third kappa shape index (κ3) is 5.95. The predicted molar refractivity (Wildman–Crippen MR) is 146 cm³/mol. The highest BCUT2D eigenvalue weighted by atomic mass is 16.5. The van der Waals surface area contributed by atoms with Gasteiger partial charge in [-0.15, -0.1) is 0 Å². The van der Waals surface area contributed by atoms with Crippen molar-refractivity contribution in [2.24, 2.45) is 17.1 Å². The lowest BCUT2D eigenvalue weighted by molar-refractivity contribution is 0.197. The van der Waals surface area contributed by atoms with Gasteiger partial charge in [-0.1, -0.05) is 38.1 Å². The van der Waals surface area contributed by atoms with E-state index in [1.165, 1.54) is 0 Å². The number of benzene rings is 2. The molecule has 0 bridgehead atoms. The third-order valence-corrected chi connectivity index (χ3v) is 6.45. The summed E-state index contributed by atoms with van der Waals surface area (Å²) in [4.78, 5) is 13.7. The summed E-state index contributed by atoms with van der Waals surface area (Å²) in [5.74, 6) is 1.19. The smallest absolute Gasteiger partial charge is 0.316 e. The van der Waals surface area contributed by atoms with Gasteiger partial charge >= 0.3 is 6.03 Å². The van der Waals surface area contributed by atoms with E-state index in [4.69, 9.17) is 15.6 Å². The van der Waals surface area contributed by atoms with Crippen LogP contribution in [0.4, 0.5) is 10.5 Å². The first-order valence-electron chi connectivity index (χ1n) is 12.7. The molecule has 1 aromatic heterocycles. The van der Waals surface area contributed by atoms with Crippen LogP contribution in [-0.4, -0.2) is 40.4 Å². The molecule has 0 atom stereocenters. The van der Waals surface area contributed by atoms with Crippen molar-refractivity contribution in [2.75, 3.05) is 25.0 Å². The molecule has 0 fully saturated rings. The van der Waals surface area contributed by atoms with E-state index in [-0.39, 0.29) is 0 Å². The molecular weight excluding hydrogens is 464 g/mol. The number of nitrogens with one attached hydrogen (secondary N) is 1. The van der Waals surface area contributed by atoms with Crippen LogP contribution in [0.15, 0.2) is 42.5 Å². The van der Waals surface area contributed by atoms with E-state index in [0.29, 0.717) is 31.3 Å². The molecule has 0 unspecified atom stereocenters. The summed E-state index contributed by atoms with van der Waals surface area (Å²) < 4.78 is 8.27. The van der Waals surface area contributed by atoms with Crippen molar-refractivity contribution in [3.8, 4) is 28.8 Å². The number of hydrogen-bond acceptors (Lipinski definition) is 5. The maximum atomic E-state index is 11.3. The largest absolute Gasteiger partial charge is 0.491 e. The molecule has 37 heavy (non-hydrogen) atoms. The minimum absolute atomic E-state index is 0.390. The van der Waals surface area contributed by atoms with Gasteiger partial charge in [-0.25, -0.2) is 9.48 Å². The Kier molecular flexibility index (Phi) is 7.55. The maximum Gasteiger partial charge on any atom is 0.316 e. The fourth-order valence-electron chi connectivity index (χ4n) is 4.75. The monoisotopic (exact) mass is 500 g/mol. The molecule has 194 valence electrons. The number of amides is 2. The molecule has 4 rings (SSSR count). The molecule has 8 nitrogen and oxygen atoms in total. The molecular formula is C29H36N6O2. The van der Waals surface area contributed by atoms with Crippen molar-refractivity contribution in [3.05, 3.63) is 59.3 Å². The average molecular weight is 501 g/mol. The quantitative estimate of drug-likeness (QED) is 0.437. The second-order valence-electron chi connectivity index (χ2n) is 10.8. The number of nitrogens with zero attached hydrogens (tertiary/aromatic N) is 4. The Morgan fingerprint density at radius 1 is 1.24 bits per heavy atom. The van der Waals surface area contributed by atoms with Crippen LogP contribution in [0.25, 0.3) is 16.9 Å². The summed E-state index contributed by atoms with van der Waals surface area (Å²) in [7, 11) is 0. The molecule has 0 radical (unpaired) electrons. The summed E-state index contributed by atoms with van der Waals surface area (Å²) in [6.07, 6.45) is 0.798. The summed E-state index contributed by atoms with van der Waals surface area (Å²) >= 11 is 0. The Hall–Kier alpha value is -3.83. The number of rotatable bonds is 8. The van der Waals surface area contributed by atoms with Crippen molar-refractivity contribution in [1.82, 2.24) is 14.7 Å². The summed E-state index contributed by atoms with van der Waals surface area (Å²) in [6.45, 7) is 13.1.